The van der Waals surface area contributed by atoms with Gasteiger partial charge in [-0.05, 0) is 119 Å². The minimum absolute atomic E-state index is 0.00471. The molecule has 2 aliphatic rings. The number of hydrogen-bond acceptors (Lipinski definition) is 9. The van der Waals surface area contributed by atoms with Gasteiger partial charge in [-0.25, -0.2) is 14.2 Å². The number of aromatic nitrogens is 6. The van der Waals surface area contributed by atoms with E-state index < -0.39 is 6.03 Å². The molecule has 0 saturated carbocycles. The number of benzene rings is 4. The van der Waals surface area contributed by atoms with Gasteiger partial charge < -0.3 is 31.1 Å². The van der Waals surface area contributed by atoms with Crippen molar-refractivity contribution in [1.29, 1.82) is 0 Å². The van der Waals surface area contributed by atoms with Crippen molar-refractivity contribution in [3.8, 4) is 33.9 Å². The van der Waals surface area contributed by atoms with Gasteiger partial charge in [0.25, 0.3) is 0 Å². The van der Waals surface area contributed by atoms with E-state index in [2.05, 4.69) is 51.7 Å². The summed E-state index contributed by atoms with van der Waals surface area (Å²) < 4.78 is 3.32. The fraction of sp³-hybridized carbons (Fsp3) is 0.279. The highest BCUT2D eigenvalue weighted by Crippen LogP contribution is 2.25. The number of carbonyl (C=O) groups is 3. The summed E-state index contributed by atoms with van der Waals surface area (Å²) in [7, 11) is 0. The lowest BCUT2D eigenvalue weighted by Gasteiger charge is -2.14. The van der Waals surface area contributed by atoms with Gasteiger partial charge in [0.05, 0.1) is 23.8 Å². The fourth-order valence-electron chi connectivity index (χ4n) is 7.25. The third kappa shape index (κ3) is 9.99. The Balaban J connectivity index is 0.843. The van der Waals surface area contributed by atoms with Crippen LogP contribution >= 0.6 is 0 Å². The van der Waals surface area contributed by atoms with Gasteiger partial charge in [-0.15, -0.1) is 10.2 Å². The number of hydrogen-bond donors (Lipinski definition) is 4. The molecule has 15 heteroatoms. The molecule has 0 bridgehead atoms. The lowest BCUT2D eigenvalue weighted by atomic mass is 10.1. The summed E-state index contributed by atoms with van der Waals surface area (Å²) in [5.74, 6) is -0.00980. The van der Waals surface area contributed by atoms with Gasteiger partial charge in [0.15, 0.2) is 0 Å². The molecular weight excluding hydrogens is 733 g/mol. The van der Waals surface area contributed by atoms with E-state index in [1.54, 1.807) is 21.5 Å². The molecule has 4 aromatic carbocycles. The quantitative estimate of drug-likeness (QED) is 0.0944. The largest absolute Gasteiger partial charge is 0.326 e. The van der Waals surface area contributed by atoms with Gasteiger partial charge in [-0.2, -0.15) is 0 Å². The summed E-state index contributed by atoms with van der Waals surface area (Å²) in [5.41, 5.74) is 6.95. The van der Waals surface area contributed by atoms with Crippen LogP contribution in [0.15, 0.2) is 109 Å². The van der Waals surface area contributed by atoms with Crippen molar-refractivity contribution in [2.75, 3.05) is 60.5 Å². The molecule has 4 heterocycles. The lowest BCUT2D eigenvalue weighted by molar-refractivity contribution is -0.117. The average molecular weight is 779 g/mol. The molecule has 8 rings (SSSR count). The van der Waals surface area contributed by atoms with Gasteiger partial charge in [-0.1, -0.05) is 40.8 Å². The van der Waals surface area contributed by atoms with Crippen LogP contribution in [0.1, 0.15) is 38.5 Å². The highest BCUT2D eigenvalue weighted by atomic mass is 16.2. The third-order valence-electron chi connectivity index (χ3n) is 10.3. The van der Waals surface area contributed by atoms with Crippen molar-refractivity contribution in [1.82, 2.24) is 39.8 Å². The molecule has 2 fully saturated rings. The number of nitrogens with one attached hydrogen (secondary N) is 4. The maximum atomic E-state index is 13.1. The molecule has 2 aromatic heterocycles. The summed E-state index contributed by atoms with van der Waals surface area (Å²) in [6, 6.07) is 29.3. The predicted octanol–water partition coefficient (Wildman–Crippen LogP) is 6.67. The first-order valence-electron chi connectivity index (χ1n) is 19.8. The van der Waals surface area contributed by atoms with Crippen LogP contribution in [0.2, 0.25) is 0 Å². The second-order valence-electron chi connectivity index (χ2n) is 14.6. The standard InChI is InChI=1S/C43H46N12O3/c56-41(18-24-52-20-1-2-21-52)44-33-14-16-37(17-15-33)54-29-39(48-50-54)31-8-5-10-34(26-31)46-43(58)47-35-11-6-9-32(27-35)40-30-55(51-49-40)38-13-7-12-36(28-38)45-42(57)19-25-53-22-3-4-23-53/h5-17,26-30H,1-4,18-25H2,(H,44,56)(H,45,57)(H2,46,47,58). The van der Waals surface area contributed by atoms with Crippen LogP contribution in [0.5, 0.6) is 0 Å². The molecule has 4 N–H and O–H groups in total. The van der Waals surface area contributed by atoms with Crippen LogP contribution in [-0.4, -0.2) is 96.9 Å². The molecular formula is C43H46N12O3. The highest BCUT2D eigenvalue weighted by Gasteiger charge is 2.16. The molecule has 0 spiro atoms. The smallest absolute Gasteiger partial charge is 0.323 e. The molecule has 2 aliphatic heterocycles. The van der Waals surface area contributed by atoms with Crippen LogP contribution in [0, 0.1) is 0 Å². The van der Waals surface area contributed by atoms with Crippen LogP contribution in [0.4, 0.5) is 27.5 Å². The number of anilines is 4. The van der Waals surface area contributed by atoms with Crippen molar-refractivity contribution < 1.29 is 14.4 Å². The molecule has 0 atom stereocenters. The number of amides is 4. The van der Waals surface area contributed by atoms with E-state index in [1.807, 2.05) is 97.3 Å². The van der Waals surface area contributed by atoms with Crippen molar-refractivity contribution in [3.05, 3.63) is 109 Å². The summed E-state index contributed by atoms with van der Waals surface area (Å²) in [6.07, 6.45) is 9.37. The van der Waals surface area contributed by atoms with Gasteiger partial charge in [0, 0.05) is 59.8 Å². The maximum Gasteiger partial charge on any atom is 0.323 e. The van der Waals surface area contributed by atoms with Crippen molar-refractivity contribution in [2.24, 2.45) is 0 Å². The number of rotatable bonds is 14. The monoisotopic (exact) mass is 778 g/mol. The molecule has 58 heavy (non-hydrogen) atoms. The van der Waals surface area contributed by atoms with Crippen molar-refractivity contribution >= 4 is 40.6 Å². The SMILES string of the molecule is O=C(CCN1CCCC1)Nc1ccc(-n2cc(-c3cccc(NC(=O)Nc4cccc(-c5cn(-c6cccc(NC(=O)CCN7CCCC7)c6)nn5)c4)c3)nn2)cc1. The minimum Gasteiger partial charge on any atom is -0.326 e. The van der Waals surface area contributed by atoms with Gasteiger partial charge in [0.1, 0.15) is 11.4 Å². The Morgan fingerprint density at radius 1 is 0.500 bits per heavy atom. The van der Waals surface area contributed by atoms with E-state index in [9.17, 15) is 14.4 Å². The summed E-state index contributed by atoms with van der Waals surface area (Å²) >= 11 is 0. The Kier molecular flexibility index (Phi) is 11.9. The first kappa shape index (κ1) is 38.2. The summed E-state index contributed by atoms with van der Waals surface area (Å²) in [4.78, 5) is 42.8. The number of nitrogens with zero attached hydrogens (tertiary/aromatic N) is 8. The number of carbonyl (C=O) groups excluding carboxylic acids is 3. The Labute approximate surface area is 336 Å². The van der Waals surface area contributed by atoms with Gasteiger partial charge in [0.2, 0.25) is 11.8 Å². The van der Waals surface area contributed by atoms with Gasteiger partial charge in [-0.3, -0.25) is 9.59 Å². The highest BCUT2D eigenvalue weighted by molar-refractivity contribution is 6.00. The molecule has 15 nitrogen and oxygen atoms in total. The Hall–Kier alpha value is -6.71. The van der Waals surface area contributed by atoms with Gasteiger partial charge >= 0.3 is 6.03 Å². The van der Waals surface area contributed by atoms with Crippen molar-refractivity contribution in [3.63, 3.8) is 0 Å². The third-order valence-corrected chi connectivity index (χ3v) is 10.3. The normalized spacial score (nSPS) is 14.3. The van der Waals surface area contributed by atoms with E-state index in [0.717, 1.165) is 67.5 Å². The predicted molar refractivity (Wildman–Crippen MR) is 224 cm³/mol. The molecule has 0 aliphatic carbocycles. The Bertz CT molecular complexity index is 2360. The first-order chi connectivity index (χ1) is 28.4. The van der Waals surface area contributed by atoms with Crippen molar-refractivity contribution in [2.45, 2.75) is 38.5 Å². The van der Waals surface area contributed by atoms with E-state index in [-0.39, 0.29) is 11.8 Å². The van der Waals surface area contributed by atoms with Crippen LogP contribution in [0.3, 0.4) is 0 Å². The second kappa shape index (κ2) is 18.0. The minimum atomic E-state index is -0.413. The molecule has 2 saturated heterocycles. The number of urea groups is 1. The number of likely N-dealkylation sites (tertiary alicyclic amines) is 2. The summed E-state index contributed by atoms with van der Waals surface area (Å²) in [5, 5.41) is 29.1. The second-order valence-corrected chi connectivity index (χ2v) is 14.6. The zero-order chi connectivity index (χ0) is 39.7. The van der Waals surface area contributed by atoms with E-state index in [4.69, 9.17) is 0 Å². The van der Waals surface area contributed by atoms with Crippen LogP contribution < -0.4 is 21.3 Å². The van der Waals surface area contributed by atoms with E-state index in [1.165, 1.54) is 25.7 Å². The average Bonchev–Trinajstić information content (AvgIpc) is 4.09. The van der Waals surface area contributed by atoms with E-state index >= 15 is 0 Å². The first-order valence-corrected chi connectivity index (χ1v) is 19.8. The molecule has 296 valence electrons. The maximum absolute atomic E-state index is 13.1. The topological polar surface area (TPSA) is 167 Å². The van der Waals surface area contributed by atoms with Crippen LogP contribution in [0.25, 0.3) is 33.9 Å². The fourth-order valence-corrected chi connectivity index (χ4v) is 7.25. The lowest BCUT2D eigenvalue weighted by Crippen LogP contribution is -2.25. The molecule has 4 amide bonds. The summed E-state index contributed by atoms with van der Waals surface area (Å²) in [6.45, 7) is 5.83. The Morgan fingerprint density at radius 3 is 1.50 bits per heavy atom. The van der Waals surface area contributed by atoms with E-state index in [0.29, 0.717) is 41.3 Å². The van der Waals surface area contributed by atoms with Crippen LogP contribution in [-0.2, 0) is 9.59 Å². The Morgan fingerprint density at radius 2 is 0.966 bits per heavy atom. The molecule has 6 aromatic rings. The zero-order valence-electron chi connectivity index (χ0n) is 32.2. The molecule has 0 unspecified atom stereocenters. The zero-order valence-corrected chi connectivity index (χ0v) is 32.2. The molecule has 0 radical (unpaired) electrons.